The summed E-state index contributed by atoms with van der Waals surface area (Å²) < 4.78 is 0. The summed E-state index contributed by atoms with van der Waals surface area (Å²) in [5.41, 5.74) is 0. The van der Waals surface area contributed by atoms with Gasteiger partial charge in [-0.3, -0.25) is 0 Å². The van der Waals surface area contributed by atoms with Gasteiger partial charge in [-0.1, -0.05) is 130 Å². The largest absolute Gasteiger partial charge is 0.304 e. The third-order valence-corrected chi connectivity index (χ3v) is 2.48. The van der Waals surface area contributed by atoms with Crippen LogP contribution in [-0.2, 0) is 0 Å². The van der Waals surface area contributed by atoms with Gasteiger partial charge in [-0.25, -0.2) is 0 Å². The average Bonchev–Trinajstić information content (AvgIpc) is 3.29. The normalized spacial score (nSPS) is 10.3. The Kier molecular flexibility index (Phi) is 68.1. The molecule has 1 aromatic rings. The third kappa shape index (κ3) is 49.5. The molecule has 1 heterocycles. The molecule has 1 nitrogen and oxygen atoms in total. The van der Waals surface area contributed by atoms with Gasteiger partial charge in [0.2, 0.25) is 0 Å². The first kappa shape index (κ1) is 35.7. The lowest BCUT2D eigenvalue weighted by Crippen LogP contribution is -2.17. The maximum atomic E-state index is 3.36. The Morgan fingerprint density at radius 3 is 1.00 bits per heavy atom. The summed E-state index contributed by atoms with van der Waals surface area (Å²) in [4.78, 5) is 2.49. The van der Waals surface area contributed by atoms with E-state index in [1.54, 1.807) is 12.2 Å². The highest BCUT2D eigenvalue weighted by Crippen LogP contribution is 2.04. The lowest BCUT2D eigenvalue weighted by molar-refractivity contribution is 0.359. The van der Waals surface area contributed by atoms with Crippen LogP contribution < -0.4 is 0 Å². The van der Waals surface area contributed by atoms with Gasteiger partial charge in [0.15, 0.2) is 0 Å². The van der Waals surface area contributed by atoms with Crippen LogP contribution in [-0.4, -0.2) is 24.5 Å². The van der Waals surface area contributed by atoms with Crippen molar-refractivity contribution in [3.63, 3.8) is 0 Å². The third-order valence-electron chi connectivity index (χ3n) is 2.48. The number of rotatable bonds is 2. The predicted octanol–water partition coefficient (Wildman–Crippen LogP) is 8.64. The minimum Gasteiger partial charge on any atom is -0.304 e. The smallest absolute Gasteiger partial charge is 0.00184 e. The van der Waals surface area contributed by atoms with Gasteiger partial charge in [-0.15, -0.1) is 0 Å². The van der Waals surface area contributed by atoms with E-state index in [0.717, 1.165) is 0 Å². The fraction of sp³-hybridized carbons (Fsp3) is 0.600. The summed E-state index contributed by atoms with van der Waals surface area (Å²) >= 11 is 0. The number of allylic oxidation sites excluding steroid dienone is 2. The highest BCUT2D eigenvalue weighted by atomic mass is 15.1. The fourth-order valence-electron chi connectivity index (χ4n) is 1.48. The molecule has 156 valence electrons. The van der Waals surface area contributed by atoms with Gasteiger partial charge in [0, 0.05) is 0 Å². The Labute approximate surface area is 168 Å². The summed E-state index contributed by atoms with van der Waals surface area (Å²) in [7, 11) is 0. The van der Waals surface area contributed by atoms with Crippen LogP contribution in [0.1, 0.15) is 81.6 Å². The van der Waals surface area contributed by atoms with Gasteiger partial charge in [-0.05, 0) is 32.5 Å². The maximum Gasteiger partial charge on any atom is -0.00184 e. The van der Waals surface area contributed by atoms with Crippen molar-refractivity contribution < 1.29 is 0 Å². The lowest BCUT2D eigenvalue weighted by atomic mass is 10.4. The van der Waals surface area contributed by atoms with E-state index in [0.29, 0.717) is 0 Å². The SMILES string of the molecule is C=CC=C.CC.CC.CC.CCC.CCN1CCCC1.c1ccccc1. The Bertz CT molecular complexity index is 241. The van der Waals surface area contributed by atoms with Crippen molar-refractivity contribution >= 4 is 0 Å². The number of benzene rings is 1. The molecule has 1 aliphatic heterocycles. The summed E-state index contributed by atoms with van der Waals surface area (Å²) in [6, 6.07) is 12.0. The van der Waals surface area contributed by atoms with Crippen molar-refractivity contribution in [1.29, 1.82) is 0 Å². The molecule has 0 bridgehead atoms. The van der Waals surface area contributed by atoms with Gasteiger partial charge in [0.1, 0.15) is 0 Å². The van der Waals surface area contributed by atoms with Crippen LogP contribution in [0.2, 0.25) is 0 Å². The Balaban J connectivity index is -0.0000000712. The van der Waals surface area contributed by atoms with E-state index in [2.05, 4.69) is 38.8 Å². The number of hydrogen-bond acceptors (Lipinski definition) is 1. The molecule has 2 rings (SSSR count). The monoisotopic (exact) mass is 365 g/mol. The lowest BCUT2D eigenvalue weighted by Gasteiger charge is -2.08. The molecule has 0 N–H and O–H groups in total. The molecule has 1 heteroatoms. The molecule has 1 aliphatic rings. The van der Waals surface area contributed by atoms with Crippen molar-refractivity contribution in [3.8, 4) is 0 Å². The molecular formula is C25H51N. The fourth-order valence-corrected chi connectivity index (χ4v) is 1.48. The molecular weight excluding hydrogens is 314 g/mol. The van der Waals surface area contributed by atoms with Crippen LogP contribution >= 0.6 is 0 Å². The Morgan fingerprint density at radius 1 is 0.654 bits per heavy atom. The van der Waals surface area contributed by atoms with Crippen LogP contribution in [0.5, 0.6) is 0 Å². The van der Waals surface area contributed by atoms with Gasteiger partial charge >= 0.3 is 0 Å². The summed E-state index contributed by atoms with van der Waals surface area (Å²) in [5, 5.41) is 0. The molecule has 1 saturated heterocycles. The first-order valence-electron chi connectivity index (χ1n) is 10.7. The van der Waals surface area contributed by atoms with Gasteiger partial charge < -0.3 is 4.90 Å². The molecule has 0 radical (unpaired) electrons. The molecule has 0 aromatic heterocycles. The zero-order chi connectivity index (χ0) is 21.5. The second-order valence-corrected chi connectivity index (χ2v) is 4.47. The number of nitrogens with zero attached hydrogens (tertiary/aromatic N) is 1. The van der Waals surface area contributed by atoms with Gasteiger partial charge in [-0.2, -0.15) is 0 Å². The topological polar surface area (TPSA) is 3.24 Å². The first-order valence-corrected chi connectivity index (χ1v) is 10.7. The van der Waals surface area contributed by atoms with Crippen LogP contribution in [0.3, 0.4) is 0 Å². The number of hydrogen-bond donors (Lipinski definition) is 0. The van der Waals surface area contributed by atoms with E-state index in [-0.39, 0.29) is 0 Å². The van der Waals surface area contributed by atoms with Crippen molar-refractivity contribution in [2.45, 2.75) is 81.6 Å². The van der Waals surface area contributed by atoms with Crippen LogP contribution in [0.15, 0.2) is 61.7 Å². The first-order chi connectivity index (χ1) is 12.8. The molecule has 0 unspecified atom stereocenters. The highest BCUT2D eigenvalue weighted by Gasteiger charge is 2.06. The predicted molar refractivity (Wildman–Crippen MR) is 128 cm³/mol. The second kappa shape index (κ2) is 49.5. The molecule has 0 atom stereocenters. The summed E-state index contributed by atoms with van der Waals surface area (Å²) in [6.45, 7) is 29.1. The van der Waals surface area contributed by atoms with E-state index < -0.39 is 0 Å². The summed E-state index contributed by atoms with van der Waals surface area (Å²) in [5.74, 6) is 0. The molecule has 26 heavy (non-hydrogen) atoms. The second-order valence-electron chi connectivity index (χ2n) is 4.47. The molecule has 0 saturated carbocycles. The Hall–Kier alpha value is -1.34. The zero-order valence-electron chi connectivity index (χ0n) is 19.7. The van der Waals surface area contributed by atoms with Gasteiger partial charge in [0.25, 0.3) is 0 Å². The molecule has 1 fully saturated rings. The van der Waals surface area contributed by atoms with E-state index in [4.69, 9.17) is 0 Å². The standard InChI is InChI=1S/C6H13N.C6H6.C4H6.C3H8.3C2H6/c1-2-7-5-3-4-6-7;1-2-4-6-5-3-1;1-3-4-2;1-3-2;3*1-2/h2-6H2,1H3;1-6H;3-4H,1-2H2;3H2,1-2H3;3*1-2H3. The van der Waals surface area contributed by atoms with Crippen molar-refractivity contribution in [3.05, 3.63) is 61.7 Å². The van der Waals surface area contributed by atoms with Crippen molar-refractivity contribution in [2.24, 2.45) is 0 Å². The highest BCUT2D eigenvalue weighted by molar-refractivity contribution is 4.99. The van der Waals surface area contributed by atoms with E-state index in [9.17, 15) is 0 Å². The summed E-state index contributed by atoms with van der Waals surface area (Å²) in [6.07, 6.45) is 7.38. The van der Waals surface area contributed by atoms with Crippen LogP contribution in [0, 0.1) is 0 Å². The molecule has 0 amide bonds. The Morgan fingerprint density at radius 2 is 0.885 bits per heavy atom. The van der Waals surface area contributed by atoms with E-state index in [1.807, 2.05) is 77.9 Å². The van der Waals surface area contributed by atoms with Crippen molar-refractivity contribution in [1.82, 2.24) is 4.90 Å². The van der Waals surface area contributed by atoms with Crippen LogP contribution in [0.4, 0.5) is 0 Å². The van der Waals surface area contributed by atoms with E-state index in [1.165, 1.54) is 38.9 Å². The number of likely N-dealkylation sites (tertiary alicyclic amines) is 1. The quantitative estimate of drug-likeness (QED) is 0.474. The van der Waals surface area contributed by atoms with Crippen molar-refractivity contribution in [2.75, 3.05) is 19.6 Å². The van der Waals surface area contributed by atoms with Gasteiger partial charge in [0.05, 0.1) is 0 Å². The minimum atomic E-state index is 1.25. The average molecular weight is 366 g/mol. The zero-order valence-corrected chi connectivity index (χ0v) is 19.7. The maximum absolute atomic E-state index is 3.36. The molecule has 1 aromatic carbocycles. The molecule has 0 spiro atoms. The van der Waals surface area contributed by atoms with Crippen LogP contribution in [0.25, 0.3) is 0 Å². The van der Waals surface area contributed by atoms with E-state index >= 15 is 0 Å². The molecule has 0 aliphatic carbocycles. The minimum absolute atomic E-state index is 1.25.